The van der Waals surface area contributed by atoms with Gasteiger partial charge in [-0.1, -0.05) is 59.7 Å². The van der Waals surface area contributed by atoms with E-state index in [1.54, 1.807) is 27.7 Å². The number of carbonyl (C=O) groups is 2. The number of esters is 1. The molecule has 0 N–H and O–H groups in total. The predicted molar refractivity (Wildman–Crippen MR) is 152 cm³/mol. The number of rotatable bonds is 6. The lowest BCUT2D eigenvalue weighted by Crippen LogP contribution is -2.42. The lowest BCUT2D eigenvalue weighted by atomic mass is 9.71. The fourth-order valence-electron chi connectivity index (χ4n) is 5.84. The molecule has 0 radical (unpaired) electrons. The number of fused-ring (bicyclic) bond motifs is 3. The predicted octanol–water partition coefficient (Wildman–Crippen LogP) is 6.94. The molecule has 0 saturated carbocycles. The maximum atomic E-state index is 14.3. The zero-order chi connectivity index (χ0) is 29.6. The number of benzene rings is 3. The van der Waals surface area contributed by atoms with E-state index in [0.29, 0.717) is 5.56 Å². The number of amides is 1. The van der Waals surface area contributed by atoms with E-state index in [1.165, 1.54) is 20.9 Å². The largest absolute Gasteiger partial charge is 0.510 e. The van der Waals surface area contributed by atoms with Crippen LogP contribution in [0.15, 0.2) is 48.5 Å². The quantitative estimate of drug-likeness (QED) is 0.246. The topological polar surface area (TPSA) is 55.8 Å². The van der Waals surface area contributed by atoms with E-state index in [2.05, 4.69) is 0 Å². The smallest absolute Gasteiger partial charge is 0.460 e. The normalized spacial score (nSPS) is 13.1. The van der Waals surface area contributed by atoms with Crippen LogP contribution in [-0.2, 0) is 20.7 Å². The molecule has 0 aliphatic heterocycles. The Labute approximate surface area is 233 Å². The minimum atomic E-state index is -5.43. The first kappa shape index (κ1) is 29.2. The van der Waals surface area contributed by atoms with E-state index in [-0.39, 0.29) is 41.3 Å². The van der Waals surface area contributed by atoms with Crippen molar-refractivity contribution < 1.29 is 32.0 Å². The molecule has 4 rings (SSSR count). The monoisotopic (exact) mass is 552 g/mol. The van der Waals surface area contributed by atoms with Crippen molar-refractivity contribution in [1.82, 2.24) is 0 Å². The maximum Gasteiger partial charge on any atom is 0.510 e. The number of hydrogen-bond acceptors (Lipinski definition) is 4. The number of hydrogen-bond donors (Lipinski definition) is 0. The molecule has 0 atom stereocenters. The molecule has 9 heteroatoms. The van der Waals surface area contributed by atoms with Crippen LogP contribution in [0.4, 0.5) is 23.4 Å². The molecule has 5 nitrogen and oxygen atoms in total. The van der Waals surface area contributed by atoms with E-state index in [4.69, 9.17) is 9.47 Å². The lowest BCUT2D eigenvalue weighted by Gasteiger charge is -2.31. The molecule has 0 aromatic heterocycles. The van der Waals surface area contributed by atoms with Gasteiger partial charge < -0.3 is 22.4 Å². The second-order valence-electron chi connectivity index (χ2n) is 11.3. The van der Waals surface area contributed by atoms with Gasteiger partial charge in [-0.25, -0.2) is 4.79 Å². The van der Waals surface area contributed by atoms with Gasteiger partial charge in [0.05, 0.1) is 6.42 Å². The van der Waals surface area contributed by atoms with Gasteiger partial charge in [0.25, 0.3) is 0 Å². The summed E-state index contributed by atoms with van der Waals surface area (Å²) in [5.41, 5.74) is 3.18. The summed E-state index contributed by atoms with van der Waals surface area (Å²) in [5, 5.41) is 0. The highest BCUT2D eigenvalue weighted by Crippen LogP contribution is 2.44. The van der Waals surface area contributed by atoms with Gasteiger partial charge in [0.1, 0.15) is 12.2 Å². The number of nitrogens with zero attached hydrogens (tertiary/aromatic N) is 1. The van der Waals surface area contributed by atoms with Gasteiger partial charge in [0.15, 0.2) is 0 Å². The first-order valence-corrected chi connectivity index (χ1v) is 13.2. The third-order valence-corrected chi connectivity index (χ3v) is 7.44. The highest BCUT2D eigenvalue weighted by Gasteiger charge is 2.35. The Kier molecular flexibility index (Phi) is 7.80. The molecule has 3 aromatic carbocycles. The third-order valence-electron chi connectivity index (χ3n) is 7.44. The molecular weight excluding hydrogens is 518 g/mol. The summed E-state index contributed by atoms with van der Waals surface area (Å²) in [5.74, 6) is -0.834. The van der Waals surface area contributed by atoms with Gasteiger partial charge in [-0.2, -0.15) is 0 Å². The second kappa shape index (κ2) is 10.7. The summed E-state index contributed by atoms with van der Waals surface area (Å²) >= 11 is 0. The van der Waals surface area contributed by atoms with Crippen molar-refractivity contribution in [3.8, 4) is 11.1 Å². The van der Waals surface area contributed by atoms with Gasteiger partial charge in [-0.3, -0.25) is 9.69 Å². The van der Waals surface area contributed by atoms with Crippen LogP contribution in [-0.4, -0.2) is 38.3 Å². The summed E-state index contributed by atoms with van der Waals surface area (Å²) < 4.78 is 54.1. The van der Waals surface area contributed by atoms with E-state index in [1.807, 2.05) is 48.5 Å². The fourth-order valence-corrected chi connectivity index (χ4v) is 5.84. The Hall–Kier alpha value is -3.75. The van der Waals surface area contributed by atoms with Gasteiger partial charge in [0, 0.05) is 18.7 Å². The van der Waals surface area contributed by atoms with Crippen LogP contribution in [0.2, 0.25) is 0 Å². The molecule has 0 unspecified atom stereocenters. The zero-order valence-corrected chi connectivity index (χ0v) is 23.9. The summed E-state index contributed by atoms with van der Waals surface area (Å²) in [6.45, 7) is 4.02. The van der Waals surface area contributed by atoms with Crippen LogP contribution in [0.25, 0.3) is 11.1 Å². The molecule has 0 bridgehead atoms. The van der Waals surface area contributed by atoms with Crippen molar-refractivity contribution in [2.45, 2.75) is 59.5 Å². The Morgan fingerprint density at radius 1 is 0.875 bits per heavy atom. The Balaban J connectivity index is 1.67. The number of halogens is 3. The minimum absolute atomic E-state index is 0.0296. The van der Waals surface area contributed by atoms with Crippen molar-refractivity contribution in [1.29, 1.82) is 0 Å². The fraction of sp³-hybridized carbons (Fsp3) is 0.355. The average molecular weight is 552 g/mol. The first-order chi connectivity index (χ1) is 18.6. The van der Waals surface area contributed by atoms with Crippen molar-refractivity contribution in [3.63, 3.8) is 0 Å². The Morgan fingerprint density at radius 2 is 1.40 bits per heavy atom. The molecule has 212 valence electrons. The second-order valence-corrected chi connectivity index (χ2v) is 11.3. The van der Waals surface area contributed by atoms with Crippen molar-refractivity contribution in [2.24, 2.45) is 0 Å². The van der Waals surface area contributed by atoms with Crippen LogP contribution < -0.4 is 10.4 Å². The third kappa shape index (κ3) is 5.60. The standard InChI is InChI=1S/C31H34BF3NO4/c1-18-25(16-27(37)40-31(4,5)6)19(2)29(20(3)28(18)32(33,34)35)36(7)30(38)39-17-26-23-14-10-8-12-21(23)22-13-9-11-15-24(22)26/h8-15,26H,16-17H2,1-7H3/q-1. The Bertz CT molecular complexity index is 1430. The molecule has 1 aliphatic carbocycles. The van der Waals surface area contributed by atoms with E-state index in [9.17, 15) is 22.5 Å². The van der Waals surface area contributed by atoms with Gasteiger partial charge in [0.2, 0.25) is 0 Å². The lowest BCUT2D eigenvalue weighted by molar-refractivity contribution is -0.153. The van der Waals surface area contributed by atoms with Crippen molar-refractivity contribution in [2.75, 3.05) is 18.6 Å². The molecule has 0 heterocycles. The van der Waals surface area contributed by atoms with Crippen LogP contribution in [0.5, 0.6) is 0 Å². The van der Waals surface area contributed by atoms with Gasteiger partial charge in [-0.05, 0) is 74.9 Å². The molecule has 40 heavy (non-hydrogen) atoms. The van der Waals surface area contributed by atoms with Crippen molar-refractivity contribution in [3.05, 3.63) is 81.9 Å². The summed E-state index contributed by atoms with van der Waals surface area (Å²) in [6.07, 6.45) is -1.12. The zero-order valence-electron chi connectivity index (χ0n) is 23.9. The summed E-state index contributed by atoms with van der Waals surface area (Å²) in [4.78, 5) is 27.1. The highest BCUT2D eigenvalue weighted by molar-refractivity contribution is 6.74. The number of anilines is 1. The molecule has 1 amide bonds. The van der Waals surface area contributed by atoms with E-state index < -0.39 is 30.1 Å². The number of carbonyl (C=O) groups excluding carboxylic acids is 2. The number of ether oxygens (including phenoxy) is 2. The van der Waals surface area contributed by atoms with E-state index in [0.717, 1.165) is 27.2 Å². The first-order valence-electron chi connectivity index (χ1n) is 13.2. The molecule has 0 saturated heterocycles. The van der Waals surface area contributed by atoms with Crippen LogP contribution in [0.3, 0.4) is 0 Å². The van der Waals surface area contributed by atoms with Gasteiger partial charge in [-0.15, -0.1) is 5.46 Å². The van der Waals surface area contributed by atoms with Crippen LogP contribution in [0, 0.1) is 20.8 Å². The highest BCUT2D eigenvalue weighted by atomic mass is 19.4. The van der Waals surface area contributed by atoms with Gasteiger partial charge >= 0.3 is 19.0 Å². The molecule has 3 aromatic rings. The minimum Gasteiger partial charge on any atom is -0.460 e. The molecule has 1 aliphatic rings. The van der Waals surface area contributed by atoms with E-state index >= 15 is 0 Å². The average Bonchev–Trinajstić information content (AvgIpc) is 3.17. The molecule has 0 spiro atoms. The SMILES string of the molecule is Cc1c(CC(=O)OC(C)(C)C)c(C)c([B-](F)(F)F)c(C)c1N(C)C(=O)OCC1c2ccccc2-c2ccccc21. The van der Waals surface area contributed by atoms with Crippen molar-refractivity contribution >= 4 is 30.2 Å². The maximum absolute atomic E-state index is 14.3. The van der Waals surface area contributed by atoms with Crippen LogP contribution in [0.1, 0.15) is 60.1 Å². The summed E-state index contributed by atoms with van der Waals surface area (Å²) in [7, 11) is 1.40. The Morgan fingerprint density at radius 3 is 1.90 bits per heavy atom. The molecular formula is C31H34BF3NO4-. The summed E-state index contributed by atoms with van der Waals surface area (Å²) in [6, 6.07) is 15.8. The molecule has 0 fully saturated rings. The van der Waals surface area contributed by atoms with Crippen LogP contribution >= 0.6 is 0 Å².